The number of amides is 1. The Morgan fingerprint density at radius 2 is 2.26 bits per heavy atom. The molecule has 1 amide bonds. The van der Waals surface area contributed by atoms with E-state index in [2.05, 4.69) is 10.6 Å². The third-order valence-electron chi connectivity index (χ3n) is 3.28. The summed E-state index contributed by atoms with van der Waals surface area (Å²) in [4.78, 5) is 11.3. The summed E-state index contributed by atoms with van der Waals surface area (Å²) in [5.41, 5.74) is 9.45. The molecule has 104 valence electrons. The van der Waals surface area contributed by atoms with Gasteiger partial charge in [-0.2, -0.15) is 0 Å². The van der Waals surface area contributed by atoms with Crippen LogP contribution in [0, 0.1) is 0 Å². The van der Waals surface area contributed by atoms with Gasteiger partial charge in [-0.05, 0) is 43.9 Å². The number of nitrogens with one attached hydrogen (secondary N) is 2. The molecule has 0 saturated carbocycles. The highest BCUT2D eigenvalue weighted by Gasteiger charge is 2.16. The Hall–Kier alpha value is -1.75. The molecule has 19 heavy (non-hydrogen) atoms. The molecule has 1 unspecified atom stereocenters. The molecule has 5 nitrogen and oxygen atoms in total. The first-order valence-corrected chi connectivity index (χ1v) is 6.70. The van der Waals surface area contributed by atoms with E-state index < -0.39 is 0 Å². The van der Waals surface area contributed by atoms with Gasteiger partial charge in [0.2, 0.25) is 5.91 Å². The van der Waals surface area contributed by atoms with Crippen molar-refractivity contribution >= 4 is 23.0 Å². The van der Waals surface area contributed by atoms with E-state index in [9.17, 15) is 9.90 Å². The van der Waals surface area contributed by atoms with Crippen LogP contribution in [0.1, 0.15) is 31.7 Å². The zero-order chi connectivity index (χ0) is 13.8. The lowest BCUT2D eigenvalue weighted by Gasteiger charge is -2.20. The maximum absolute atomic E-state index is 11.3. The number of fused-ring (bicyclic) bond motifs is 1. The molecule has 5 heteroatoms. The summed E-state index contributed by atoms with van der Waals surface area (Å²) >= 11 is 0. The molecule has 0 spiro atoms. The molecule has 5 N–H and O–H groups in total. The number of hydrogen-bond acceptors (Lipinski definition) is 4. The highest BCUT2D eigenvalue weighted by Crippen LogP contribution is 2.30. The Balaban J connectivity index is 2.00. The minimum atomic E-state index is -0.266. The van der Waals surface area contributed by atoms with Crippen LogP contribution in [0.3, 0.4) is 0 Å². The monoisotopic (exact) mass is 263 g/mol. The minimum Gasteiger partial charge on any atom is -0.397 e. The van der Waals surface area contributed by atoms with Gasteiger partial charge in [0.15, 0.2) is 0 Å². The van der Waals surface area contributed by atoms with Crippen LogP contribution in [0.5, 0.6) is 0 Å². The Morgan fingerprint density at radius 3 is 3.00 bits per heavy atom. The Labute approximate surface area is 113 Å². The average molecular weight is 263 g/mol. The number of carbonyl (C=O) groups excluding carboxylic acids is 1. The fraction of sp³-hybridized carbons (Fsp3) is 0.500. The summed E-state index contributed by atoms with van der Waals surface area (Å²) in [6.07, 6.45) is 2.68. The van der Waals surface area contributed by atoms with Gasteiger partial charge in [-0.25, -0.2) is 0 Å². The normalized spacial score (nSPS) is 15.6. The second-order valence-electron chi connectivity index (χ2n) is 5.06. The largest absolute Gasteiger partial charge is 0.397 e. The van der Waals surface area contributed by atoms with Crippen molar-refractivity contribution in [3.63, 3.8) is 0 Å². The van der Waals surface area contributed by atoms with E-state index in [1.54, 1.807) is 6.92 Å². The van der Waals surface area contributed by atoms with Crippen molar-refractivity contribution in [3.05, 3.63) is 17.7 Å². The average Bonchev–Trinajstić information content (AvgIpc) is 2.34. The summed E-state index contributed by atoms with van der Waals surface area (Å²) in [5, 5.41) is 15.3. The molecule has 0 fully saturated rings. The van der Waals surface area contributed by atoms with E-state index in [0.717, 1.165) is 42.7 Å². The number of benzene rings is 1. The third kappa shape index (κ3) is 3.61. The van der Waals surface area contributed by atoms with Crippen LogP contribution in [-0.4, -0.2) is 23.7 Å². The summed E-state index contributed by atoms with van der Waals surface area (Å²) in [6.45, 7) is 2.57. The topological polar surface area (TPSA) is 87.4 Å². The Kier molecular flexibility index (Phi) is 4.27. The second-order valence-corrected chi connectivity index (χ2v) is 5.06. The number of anilines is 3. The van der Waals surface area contributed by atoms with Crippen LogP contribution < -0.4 is 16.4 Å². The van der Waals surface area contributed by atoms with Gasteiger partial charge in [-0.15, -0.1) is 0 Å². The highest BCUT2D eigenvalue weighted by molar-refractivity contribution is 5.95. The molecular weight excluding hydrogens is 242 g/mol. The lowest BCUT2D eigenvalue weighted by Crippen LogP contribution is -2.19. The molecule has 0 aliphatic carbocycles. The van der Waals surface area contributed by atoms with E-state index >= 15 is 0 Å². The summed E-state index contributed by atoms with van der Waals surface area (Å²) in [7, 11) is 0. The number of aryl methyl sites for hydroxylation is 1. The van der Waals surface area contributed by atoms with Crippen molar-refractivity contribution in [2.24, 2.45) is 0 Å². The molecule has 1 aliphatic rings. The quantitative estimate of drug-likeness (QED) is 0.481. The molecule has 2 rings (SSSR count). The summed E-state index contributed by atoms with van der Waals surface area (Å²) < 4.78 is 0. The van der Waals surface area contributed by atoms with Crippen LogP contribution in [0.4, 0.5) is 17.1 Å². The molecular formula is C14H21N3O2. The van der Waals surface area contributed by atoms with Crippen LogP contribution in [0.15, 0.2) is 12.1 Å². The Bertz CT molecular complexity index is 472. The van der Waals surface area contributed by atoms with Crippen molar-refractivity contribution in [1.82, 2.24) is 0 Å². The van der Waals surface area contributed by atoms with E-state index in [0.29, 0.717) is 12.1 Å². The predicted octanol–water partition coefficient (Wildman–Crippen LogP) is 1.73. The molecule has 0 radical (unpaired) electrons. The summed E-state index contributed by atoms with van der Waals surface area (Å²) in [5.74, 6) is 0.0459. The summed E-state index contributed by atoms with van der Waals surface area (Å²) in [6, 6.07) is 3.82. The fourth-order valence-corrected chi connectivity index (χ4v) is 2.22. The van der Waals surface area contributed by atoms with Gasteiger partial charge in [-0.3, -0.25) is 4.79 Å². The Morgan fingerprint density at radius 1 is 1.47 bits per heavy atom. The maximum atomic E-state index is 11.3. The molecule has 0 bridgehead atoms. The number of nitrogens with two attached hydrogens (primary N) is 1. The lowest BCUT2D eigenvalue weighted by atomic mass is 10.0. The molecule has 0 saturated heterocycles. The number of aliphatic hydroxyl groups is 1. The number of carbonyl (C=O) groups is 1. The van der Waals surface area contributed by atoms with Gasteiger partial charge >= 0.3 is 0 Å². The van der Waals surface area contributed by atoms with E-state index in [-0.39, 0.29) is 12.0 Å². The number of rotatable bonds is 5. The smallest absolute Gasteiger partial charge is 0.224 e. The molecule has 1 heterocycles. The van der Waals surface area contributed by atoms with Crippen molar-refractivity contribution < 1.29 is 9.90 Å². The van der Waals surface area contributed by atoms with E-state index in [1.807, 2.05) is 12.1 Å². The van der Waals surface area contributed by atoms with E-state index in [4.69, 9.17) is 5.73 Å². The van der Waals surface area contributed by atoms with Crippen LogP contribution >= 0.6 is 0 Å². The predicted molar refractivity (Wildman–Crippen MR) is 77.2 cm³/mol. The second kappa shape index (κ2) is 5.93. The highest BCUT2D eigenvalue weighted by atomic mass is 16.3. The first kappa shape index (κ1) is 13.7. The fourth-order valence-electron chi connectivity index (χ4n) is 2.22. The van der Waals surface area contributed by atoms with Gasteiger partial charge in [0.25, 0.3) is 0 Å². The first-order chi connectivity index (χ1) is 9.06. The van der Waals surface area contributed by atoms with Crippen LogP contribution in [0.25, 0.3) is 0 Å². The molecule has 1 atom stereocenters. The molecule has 0 aromatic heterocycles. The van der Waals surface area contributed by atoms with Gasteiger partial charge in [0.05, 0.1) is 17.5 Å². The third-order valence-corrected chi connectivity index (χ3v) is 3.28. The molecule has 1 aromatic carbocycles. The zero-order valence-electron chi connectivity index (χ0n) is 11.2. The van der Waals surface area contributed by atoms with Crippen molar-refractivity contribution in [2.75, 3.05) is 22.9 Å². The minimum absolute atomic E-state index is 0.0459. The molecule has 1 aromatic rings. The first-order valence-electron chi connectivity index (χ1n) is 6.70. The van der Waals surface area contributed by atoms with Crippen molar-refractivity contribution in [1.29, 1.82) is 0 Å². The van der Waals surface area contributed by atoms with Crippen molar-refractivity contribution in [2.45, 2.75) is 38.7 Å². The SMILES string of the molecule is CC(O)CCCNc1cc2c(cc1N)NC(=O)CC2. The zero-order valence-corrected chi connectivity index (χ0v) is 11.2. The molecule has 1 aliphatic heterocycles. The van der Waals surface area contributed by atoms with E-state index in [1.165, 1.54) is 0 Å². The lowest BCUT2D eigenvalue weighted by molar-refractivity contribution is -0.116. The number of nitrogen functional groups attached to an aromatic ring is 1. The van der Waals surface area contributed by atoms with Gasteiger partial charge < -0.3 is 21.5 Å². The number of aliphatic hydroxyl groups excluding tert-OH is 1. The standard InChI is InChI=1S/C14H21N3O2/c1-9(18)3-2-6-16-13-7-10-4-5-14(19)17-12(10)8-11(13)15/h7-9,16,18H,2-6,15H2,1H3,(H,17,19). The van der Waals surface area contributed by atoms with Gasteiger partial charge in [-0.1, -0.05) is 0 Å². The maximum Gasteiger partial charge on any atom is 0.224 e. The van der Waals surface area contributed by atoms with Gasteiger partial charge in [0.1, 0.15) is 0 Å². The van der Waals surface area contributed by atoms with Crippen molar-refractivity contribution in [3.8, 4) is 0 Å². The van der Waals surface area contributed by atoms with Crippen LogP contribution in [-0.2, 0) is 11.2 Å². The van der Waals surface area contributed by atoms with Gasteiger partial charge in [0, 0.05) is 18.7 Å². The van der Waals surface area contributed by atoms with Crippen LogP contribution in [0.2, 0.25) is 0 Å². The number of hydrogen-bond donors (Lipinski definition) is 4.